The lowest BCUT2D eigenvalue weighted by molar-refractivity contribution is -0.266. The molecule has 0 amide bonds. The van der Waals surface area contributed by atoms with Gasteiger partial charge in [-0.3, -0.25) is 4.79 Å². The molecule has 0 radical (unpaired) electrons. The van der Waals surface area contributed by atoms with Crippen molar-refractivity contribution in [2.75, 3.05) is 0 Å². The monoisotopic (exact) mass is 304 g/mol. The SMILES string of the molecule is C[C@@]12C(=CCCC1(O)O)CC[C@@H]1[C@@H]2CC[C@]2(C)C(=O)CC[C@@H]12. The van der Waals surface area contributed by atoms with Crippen LogP contribution in [-0.4, -0.2) is 21.8 Å². The van der Waals surface area contributed by atoms with Crippen molar-refractivity contribution in [1.82, 2.24) is 0 Å². The number of allylic oxidation sites excluding steroid dienone is 1. The largest absolute Gasteiger partial charge is 0.365 e. The minimum Gasteiger partial charge on any atom is -0.365 e. The Bertz CT molecular complexity index is 549. The van der Waals surface area contributed by atoms with E-state index in [0.29, 0.717) is 30.0 Å². The first-order chi connectivity index (χ1) is 10.3. The highest BCUT2D eigenvalue weighted by Gasteiger charge is 2.63. The zero-order chi connectivity index (χ0) is 15.8. The highest BCUT2D eigenvalue weighted by molar-refractivity contribution is 5.87. The molecule has 5 atom stereocenters. The second-order valence-corrected chi connectivity index (χ2v) is 8.62. The van der Waals surface area contributed by atoms with Gasteiger partial charge in [-0.25, -0.2) is 0 Å². The van der Waals surface area contributed by atoms with Crippen LogP contribution >= 0.6 is 0 Å². The molecule has 3 nitrogen and oxygen atoms in total. The van der Waals surface area contributed by atoms with Crippen molar-refractivity contribution in [3.8, 4) is 0 Å². The second kappa shape index (κ2) is 4.45. The summed E-state index contributed by atoms with van der Waals surface area (Å²) in [5.41, 5.74) is 0.611. The average Bonchev–Trinajstić information content (AvgIpc) is 2.76. The van der Waals surface area contributed by atoms with Gasteiger partial charge in [-0.05, 0) is 56.3 Å². The van der Waals surface area contributed by atoms with Gasteiger partial charge in [0.1, 0.15) is 5.78 Å². The molecule has 0 heterocycles. The summed E-state index contributed by atoms with van der Waals surface area (Å²) in [6.07, 6.45) is 9.19. The number of hydrogen-bond acceptors (Lipinski definition) is 3. The Labute approximate surface area is 132 Å². The standard InChI is InChI=1S/C19H28O3/c1-17-11-9-15-13(14(17)7-8-16(17)20)6-5-12-4-3-10-19(21,22)18(12,15)2/h4,13-15,21-22H,3,5-11H2,1-2H3/t13-,14-,15-,17-,18-/m0/s1. The van der Waals surface area contributed by atoms with Crippen molar-refractivity contribution in [3.05, 3.63) is 11.6 Å². The average molecular weight is 304 g/mol. The minimum absolute atomic E-state index is 0.138. The van der Waals surface area contributed by atoms with Crippen LogP contribution in [0.5, 0.6) is 0 Å². The summed E-state index contributed by atoms with van der Waals surface area (Å²) in [5.74, 6) is 0.104. The van der Waals surface area contributed by atoms with Crippen molar-refractivity contribution >= 4 is 5.78 Å². The van der Waals surface area contributed by atoms with Gasteiger partial charge in [0.15, 0.2) is 5.79 Å². The summed E-state index contributed by atoms with van der Waals surface area (Å²) < 4.78 is 0. The van der Waals surface area contributed by atoms with Gasteiger partial charge in [0.2, 0.25) is 0 Å². The van der Waals surface area contributed by atoms with E-state index in [1.807, 2.05) is 0 Å². The number of Topliss-reactive ketones (excluding diaryl/α,β-unsaturated/α-hetero) is 1. The summed E-state index contributed by atoms with van der Waals surface area (Å²) in [7, 11) is 0. The number of carbonyl (C=O) groups is 1. The third-order valence-corrected chi connectivity index (χ3v) is 8.02. The zero-order valence-corrected chi connectivity index (χ0v) is 13.8. The molecule has 22 heavy (non-hydrogen) atoms. The summed E-state index contributed by atoms with van der Waals surface area (Å²) in [4.78, 5) is 12.4. The van der Waals surface area contributed by atoms with Gasteiger partial charge in [-0.1, -0.05) is 25.5 Å². The molecule has 0 spiro atoms. The minimum atomic E-state index is -1.59. The van der Waals surface area contributed by atoms with Gasteiger partial charge in [0, 0.05) is 23.7 Å². The molecule has 3 fully saturated rings. The lowest BCUT2D eigenvalue weighted by atomic mass is 9.46. The van der Waals surface area contributed by atoms with Crippen molar-refractivity contribution in [2.24, 2.45) is 28.6 Å². The summed E-state index contributed by atoms with van der Waals surface area (Å²) in [5, 5.41) is 21.5. The molecule has 0 unspecified atom stereocenters. The van der Waals surface area contributed by atoms with E-state index in [1.165, 1.54) is 5.57 Å². The van der Waals surface area contributed by atoms with Crippen LogP contribution in [0.4, 0.5) is 0 Å². The predicted octanol–water partition coefficient (Wildman–Crippen LogP) is 3.20. The molecule has 4 aliphatic rings. The van der Waals surface area contributed by atoms with Crippen LogP contribution in [0.25, 0.3) is 0 Å². The normalized spacial score (nSPS) is 49.9. The highest BCUT2D eigenvalue weighted by atomic mass is 16.5. The van der Waals surface area contributed by atoms with E-state index in [9.17, 15) is 15.0 Å². The van der Waals surface area contributed by atoms with Gasteiger partial charge < -0.3 is 10.2 Å². The highest BCUT2D eigenvalue weighted by Crippen LogP contribution is 2.66. The second-order valence-electron chi connectivity index (χ2n) is 8.62. The lowest BCUT2D eigenvalue weighted by Crippen LogP contribution is -2.60. The molecule has 0 aliphatic heterocycles. The Balaban J connectivity index is 1.76. The summed E-state index contributed by atoms with van der Waals surface area (Å²) in [6.45, 7) is 4.25. The fraction of sp³-hybridized carbons (Fsp3) is 0.842. The maximum absolute atomic E-state index is 12.4. The molecule has 122 valence electrons. The number of aliphatic hydroxyl groups is 2. The summed E-state index contributed by atoms with van der Waals surface area (Å²) in [6, 6.07) is 0. The van der Waals surface area contributed by atoms with E-state index in [2.05, 4.69) is 19.9 Å². The van der Waals surface area contributed by atoms with Crippen LogP contribution in [0.1, 0.15) is 65.2 Å². The molecule has 0 aromatic carbocycles. The molecule has 0 aromatic rings. The van der Waals surface area contributed by atoms with E-state index in [0.717, 1.165) is 44.9 Å². The van der Waals surface area contributed by atoms with E-state index in [-0.39, 0.29) is 5.41 Å². The zero-order valence-electron chi connectivity index (χ0n) is 13.8. The Morgan fingerprint density at radius 3 is 2.59 bits per heavy atom. The first-order valence-electron chi connectivity index (χ1n) is 8.98. The molecular formula is C19H28O3. The first kappa shape index (κ1) is 14.9. The van der Waals surface area contributed by atoms with Gasteiger partial charge in [0.05, 0.1) is 0 Å². The third kappa shape index (κ3) is 1.62. The van der Waals surface area contributed by atoms with Crippen molar-refractivity contribution in [1.29, 1.82) is 0 Å². The lowest BCUT2D eigenvalue weighted by Gasteiger charge is -2.60. The smallest absolute Gasteiger partial charge is 0.172 e. The van der Waals surface area contributed by atoms with Crippen molar-refractivity contribution in [3.63, 3.8) is 0 Å². The Kier molecular flexibility index (Phi) is 3.01. The maximum Gasteiger partial charge on any atom is 0.172 e. The van der Waals surface area contributed by atoms with E-state index in [4.69, 9.17) is 0 Å². The molecule has 0 aromatic heterocycles. The van der Waals surface area contributed by atoms with Crippen LogP contribution in [0.3, 0.4) is 0 Å². The van der Waals surface area contributed by atoms with E-state index >= 15 is 0 Å². The molecule has 4 aliphatic carbocycles. The van der Waals surface area contributed by atoms with Gasteiger partial charge in [-0.2, -0.15) is 0 Å². The van der Waals surface area contributed by atoms with Gasteiger partial charge in [-0.15, -0.1) is 0 Å². The number of fused-ring (bicyclic) bond motifs is 5. The fourth-order valence-electron chi connectivity index (χ4n) is 6.57. The Morgan fingerprint density at radius 1 is 1.05 bits per heavy atom. The van der Waals surface area contributed by atoms with Crippen LogP contribution in [0, 0.1) is 28.6 Å². The van der Waals surface area contributed by atoms with Crippen molar-refractivity contribution in [2.45, 2.75) is 71.0 Å². The summed E-state index contributed by atoms with van der Waals surface area (Å²) >= 11 is 0. The maximum atomic E-state index is 12.4. The third-order valence-electron chi connectivity index (χ3n) is 8.02. The number of rotatable bonds is 0. The van der Waals surface area contributed by atoms with Crippen LogP contribution in [0.2, 0.25) is 0 Å². The molecular weight excluding hydrogens is 276 g/mol. The first-order valence-corrected chi connectivity index (χ1v) is 8.98. The number of hydrogen-bond donors (Lipinski definition) is 2. The number of ketones is 1. The molecule has 0 saturated heterocycles. The molecule has 3 saturated carbocycles. The van der Waals surface area contributed by atoms with E-state index < -0.39 is 11.2 Å². The van der Waals surface area contributed by atoms with Crippen molar-refractivity contribution < 1.29 is 15.0 Å². The van der Waals surface area contributed by atoms with Crippen LogP contribution in [-0.2, 0) is 4.79 Å². The predicted molar refractivity (Wildman–Crippen MR) is 83.9 cm³/mol. The quantitative estimate of drug-likeness (QED) is 0.534. The Hall–Kier alpha value is -0.670. The van der Waals surface area contributed by atoms with Gasteiger partial charge in [0.25, 0.3) is 0 Å². The molecule has 4 rings (SSSR count). The fourth-order valence-corrected chi connectivity index (χ4v) is 6.57. The van der Waals surface area contributed by atoms with Crippen LogP contribution < -0.4 is 0 Å². The molecule has 2 N–H and O–H groups in total. The topological polar surface area (TPSA) is 57.5 Å². The molecule has 3 heteroatoms. The van der Waals surface area contributed by atoms with Gasteiger partial charge >= 0.3 is 0 Å². The Morgan fingerprint density at radius 2 is 1.82 bits per heavy atom. The van der Waals surface area contributed by atoms with E-state index in [1.54, 1.807) is 0 Å². The molecule has 0 bridgehead atoms. The van der Waals surface area contributed by atoms with Crippen LogP contribution in [0.15, 0.2) is 11.6 Å². The number of carbonyl (C=O) groups excluding carboxylic acids is 1.